The highest BCUT2D eigenvalue weighted by atomic mass is 16.6. The van der Waals surface area contributed by atoms with Crippen molar-refractivity contribution >= 4 is 29.3 Å². The molecule has 2 aromatic rings. The zero-order valence-electron chi connectivity index (χ0n) is 17.9. The van der Waals surface area contributed by atoms with Gasteiger partial charge in [-0.1, -0.05) is 30.3 Å². The monoisotopic (exact) mass is 425 g/mol. The average Bonchev–Trinajstić information content (AvgIpc) is 2.72. The predicted molar refractivity (Wildman–Crippen MR) is 117 cm³/mol. The molecule has 0 saturated carbocycles. The zero-order valence-corrected chi connectivity index (χ0v) is 17.9. The van der Waals surface area contributed by atoms with Crippen molar-refractivity contribution in [2.75, 3.05) is 30.0 Å². The van der Waals surface area contributed by atoms with Gasteiger partial charge < -0.3 is 25.0 Å². The molecule has 8 heteroatoms. The van der Waals surface area contributed by atoms with E-state index in [9.17, 15) is 14.4 Å². The van der Waals surface area contributed by atoms with Gasteiger partial charge in [-0.15, -0.1) is 0 Å². The van der Waals surface area contributed by atoms with Crippen molar-refractivity contribution in [3.63, 3.8) is 0 Å². The normalized spacial score (nSPS) is 15.2. The third-order valence-corrected chi connectivity index (χ3v) is 4.49. The molecular weight excluding hydrogens is 398 g/mol. The lowest BCUT2D eigenvalue weighted by Gasteiger charge is -2.27. The molecule has 0 radical (unpaired) electrons. The number of morpholine rings is 1. The summed E-state index contributed by atoms with van der Waals surface area (Å²) < 4.78 is 10.5. The van der Waals surface area contributed by atoms with Gasteiger partial charge in [0, 0.05) is 17.9 Å². The van der Waals surface area contributed by atoms with Crippen molar-refractivity contribution in [3.8, 4) is 0 Å². The Labute approximate surface area is 181 Å². The number of nitrogens with one attached hydrogen (secondary N) is 2. The van der Waals surface area contributed by atoms with Crippen LogP contribution in [0.2, 0.25) is 0 Å². The van der Waals surface area contributed by atoms with E-state index < -0.39 is 23.6 Å². The quantitative estimate of drug-likeness (QED) is 0.767. The first kappa shape index (κ1) is 22.3. The molecule has 1 heterocycles. The summed E-state index contributed by atoms with van der Waals surface area (Å²) in [6.07, 6.45) is -0.683. The number of ether oxygens (including phenoxy) is 2. The summed E-state index contributed by atoms with van der Waals surface area (Å²) in [5.74, 6) is -0.513. The number of amides is 3. The third-order valence-electron chi connectivity index (χ3n) is 4.49. The molecule has 1 aliphatic heterocycles. The Hall–Kier alpha value is -3.39. The molecule has 8 nitrogen and oxygen atoms in total. The van der Waals surface area contributed by atoms with E-state index >= 15 is 0 Å². The number of carbonyl (C=O) groups is 3. The molecule has 1 fully saturated rings. The summed E-state index contributed by atoms with van der Waals surface area (Å²) >= 11 is 0. The van der Waals surface area contributed by atoms with Crippen LogP contribution >= 0.6 is 0 Å². The average molecular weight is 425 g/mol. The predicted octanol–water partition coefficient (Wildman–Crippen LogP) is 3.25. The summed E-state index contributed by atoms with van der Waals surface area (Å²) in [6.45, 7) is 6.30. The van der Waals surface area contributed by atoms with Crippen molar-refractivity contribution in [1.29, 1.82) is 0 Å². The van der Waals surface area contributed by atoms with E-state index in [1.807, 2.05) is 6.07 Å². The molecule has 1 atom stereocenters. The molecule has 0 aliphatic carbocycles. The van der Waals surface area contributed by atoms with Crippen LogP contribution in [0.3, 0.4) is 0 Å². The molecule has 31 heavy (non-hydrogen) atoms. The largest absolute Gasteiger partial charge is 0.444 e. The fraction of sp³-hybridized carbons (Fsp3) is 0.348. The third kappa shape index (κ3) is 6.29. The summed E-state index contributed by atoms with van der Waals surface area (Å²) in [7, 11) is 0. The minimum Gasteiger partial charge on any atom is -0.444 e. The van der Waals surface area contributed by atoms with Crippen LogP contribution in [0.4, 0.5) is 16.2 Å². The van der Waals surface area contributed by atoms with Crippen molar-refractivity contribution in [1.82, 2.24) is 5.32 Å². The maximum absolute atomic E-state index is 13.0. The number of carbonyl (C=O) groups excluding carboxylic acids is 3. The van der Waals surface area contributed by atoms with E-state index in [0.717, 1.165) is 5.69 Å². The minimum absolute atomic E-state index is 0.0631. The van der Waals surface area contributed by atoms with Gasteiger partial charge in [0.05, 0.1) is 6.61 Å². The topological polar surface area (TPSA) is 97.0 Å². The number of hydrogen-bond acceptors (Lipinski definition) is 5. The number of benzene rings is 2. The van der Waals surface area contributed by atoms with Crippen LogP contribution in [0.15, 0.2) is 54.6 Å². The van der Waals surface area contributed by atoms with Gasteiger partial charge in [0.1, 0.15) is 18.2 Å². The Kier molecular flexibility index (Phi) is 6.91. The van der Waals surface area contributed by atoms with Crippen LogP contribution in [0.5, 0.6) is 0 Å². The maximum Gasteiger partial charge on any atom is 0.408 e. The van der Waals surface area contributed by atoms with E-state index in [1.54, 1.807) is 74.2 Å². The minimum atomic E-state index is -0.934. The summed E-state index contributed by atoms with van der Waals surface area (Å²) in [6, 6.07) is 14.9. The summed E-state index contributed by atoms with van der Waals surface area (Å²) in [4.78, 5) is 38.9. The van der Waals surface area contributed by atoms with E-state index in [4.69, 9.17) is 9.47 Å². The highest BCUT2D eigenvalue weighted by molar-refractivity contribution is 5.98. The van der Waals surface area contributed by atoms with Crippen LogP contribution in [0.25, 0.3) is 0 Å². The molecule has 3 rings (SSSR count). The lowest BCUT2D eigenvalue weighted by Crippen LogP contribution is -2.41. The Bertz CT molecular complexity index is 922. The standard InChI is InChI=1S/C23H27N3O5/c1-23(2,3)31-22(29)25-20(16-7-5-4-6-8-16)21(28)24-17-9-11-18(12-10-17)26-13-14-30-15-19(26)27/h4-12,20H,13-15H2,1-3H3,(H,24,28)(H,25,29)/t20-/m0/s1. The van der Waals surface area contributed by atoms with E-state index in [1.165, 1.54) is 0 Å². The molecule has 2 aromatic carbocycles. The van der Waals surface area contributed by atoms with Gasteiger partial charge >= 0.3 is 6.09 Å². The van der Waals surface area contributed by atoms with Gasteiger partial charge in [0.2, 0.25) is 0 Å². The highest BCUT2D eigenvalue weighted by Crippen LogP contribution is 2.22. The van der Waals surface area contributed by atoms with Gasteiger partial charge in [-0.3, -0.25) is 9.59 Å². The Morgan fingerprint density at radius 2 is 1.74 bits per heavy atom. The number of rotatable bonds is 5. The number of nitrogens with zero attached hydrogens (tertiary/aromatic N) is 1. The lowest BCUT2D eigenvalue weighted by molar-refractivity contribution is -0.125. The van der Waals surface area contributed by atoms with Gasteiger partial charge in [-0.25, -0.2) is 4.79 Å². The second-order valence-electron chi connectivity index (χ2n) is 8.12. The van der Waals surface area contributed by atoms with Crippen molar-refractivity contribution < 1.29 is 23.9 Å². The maximum atomic E-state index is 13.0. The van der Waals surface area contributed by atoms with E-state index in [2.05, 4.69) is 10.6 Å². The van der Waals surface area contributed by atoms with Crippen LogP contribution in [0, 0.1) is 0 Å². The van der Waals surface area contributed by atoms with E-state index in [-0.39, 0.29) is 12.5 Å². The Balaban J connectivity index is 1.72. The smallest absolute Gasteiger partial charge is 0.408 e. The SMILES string of the molecule is CC(C)(C)OC(=O)N[C@H](C(=O)Nc1ccc(N2CCOCC2=O)cc1)c1ccccc1. The number of anilines is 2. The van der Waals surface area contributed by atoms with Crippen molar-refractivity contribution in [2.24, 2.45) is 0 Å². The number of alkyl carbamates (subject to hydrolysis) is 1. The molecule has 2 N–H and O–H groups in total. The zero-order chi connectivity index (χ0) is 22.4. The molecule has 1 saturated heterocycles. The van der Waals surface area contributed by atoms with Crippen LogP contribution in [-0.2, 0) is 19.1 Å². The van der Waals surface area contributed by atoms with Crippen molar-refractivity contribution in [3.05, 3.63) is 60.2 Å². The van der Waals surface area contributed by atoms with Crippen LogP contribution < -0.4 is 15.5 Å². The fourth-order valence-corrected chi connectivity index (χ4v) is 3.10. The molecule has 3 amide bonds. The molecular formula is C23H27N3O5. The Morgan fingerprint density at radius 1 is 1.06 bits per heavy atom. The first-order valence-corrected chi connectivity index (χ1v) is 10.1. The Morgan fingerprint density at radius 3 is 2.35 bits per heavy atom. The van der Waals surface area contributed by atoms with Crippen LogP contribution in [0.1, 0.15) is 32.4 Å². The lowest BCUT2D eigenvalue weighted by atomic mass is 10.1. The summed E-state index contributed by atoms with van der Waals surface area (Å²) in [5, 5.41) is 5.45. The second-order valence-corrected chi connectivity index (χ2v) is 8.12. The molecule has 0 aromatic heterocycles. The number of hydrogen-bond donors (Lipinski definition) is 2. The molecule has 0 unspecified atom stereocenters. The van der Waals surface area contributed by atoms with Gasteiger partial charge in [-0.2, -0.15) is 0 Å². The van der Waals surface area contributed by atoms with Gasteiger partial charge in [-0.05, 0) is 50.6 Å². The first-order chi connectivity index (χ1) is 14.7. The molecule has 1 aliphatic rings. The highest BCUT2D eigenvalue weighted by Gasteiger charge is 2.26. The van der Waals surface area contributed by atoms with E-state index in [0.29, 0.717) is 24.4 Å². The summed E-state index contributed by atoms with van der Waals surface area (Å²) in [5.41, 5.74) is 1.22. The first-order valence-electron chi connectivity index (χ1n) is 10.1. The van der Waals surface area contributed by atoms with Crippen LogP contribution in [-0.4, -0.2) is 43.3 Å². The fourth-order valence-electron chi connectivity index (χ4n) is 3.10. The second kappa shape index (κ2) is 9.61. The molecule has 164 valence electrons. The van der Waals surface area contributed by atoms with Gasteiger partial charge in [0.25, 0.3) is 11.8 Å². The molecule has 0 bridgehead atoms. The molecule has 0 spiro atoms. The van der Waals surface area contributed by atoms with Gasteiger partial charge in [0.15, 0.2) is 0 Å². The van der Waals surface area contributed by atoms with Crippen molar-refractivity contribution in [2.45, 2.75) is 32.4 Å².